The molecule has 2 nitrogen and oxygen atoms in total. The summed E-state index contributed by atoms with van der Waals surface area (Å²) in [4.78, 5) is 2.25. The smallest absolute Gasteiger partial charge is 0.106 e. The Morgan fingerprint density at radius 3 is 2.40 bits per heavy atom. The van der Waals surface area contributed by atoms with Crippen molar-refractivity contribution in [2.24, 2.45) is 0 Å². The number of halogens is 2. The zero-order valence-corrected chi connectivity index (χ0v) is 14.0. The molecule has 3 aromatic rings. The number of benzene rings is 2. The van der Waals surface area contributed by atoms with Gasteiger partial charge in [0.05, 0.1) is 4.90 Å². The van der Waals surface area contributed by atoms with Crippen LogP contribution < -0.4 is 0 Å². The Labute approximate surface area is 140 Å². The van der Waals surface area contributed by atoms with Crippen LogP contribution in [0.15, 0.2) is 64.5 Å². The normalized spacial score (nSPS) is 10.7. The molecule has 100 valence electrons. The van der Waals surface area contributed by atoms with Gasteiger partial charge in [0.2, 0.25) is 0 Å². The van der Waals surface area contributed by atoms with Crippen molar-refractivity contribution in [3.05, 3.63) is 63.3 Å². The largest absolute Gasteiger partial charge is 0.284 e. The van der Waals surface area contributed by atoms with Crippen molar-refractivity contribution in [1.82, 2.24) is 10.2 Å². The minimum Gasteiger partial charge on any atom is -0.284 e. The second-order valence-corrected chi connectivity index (χ2v) is 6.96. The Bertz CT molecular complexity index is 707. The molecule has 0 aliphatic rings. The topological polar surface area (TPSA) is 28.7 Å². The molecule has 0 saturated heterocycles. The number of hydrogen-bond donors (Lipinski definition) is 1. The fraction of sp³-hybridized carbons (Fsp3) is 0. The molecule has 0 fully saturated rings. The Hall–Kier alpha value is -0.980. The van der Waals surface area contributed by atoms with E-state index in [1.54, 1.807) is 11.8 Å². The molecule has 0 radical (unpaired) electrons. The summed E-state index contributed by atoms with van der Waals surface area (Å²) in [6, 6.07) is 16.2. The molecule has 0 bridgehead atoms. The highest BCUT2D eigenvalue weighted by atomic mass is 127. The molecular weight excluding hydrogens is 403 g/mol. The van der Waals surface area contributed by atoms with E-state index in [0.29, 0.717) is 0 Å². The molecule has 0 saturated carbocycles. The third-order valence-corrected chi connectivity index (χ3v) is 4.77. The summed E-state index contributed by atoms with van der Waals surface area (Å²) in [5.74, 6) is 0. The number of rotatable bonds is 3. The van der Waals surface area contributed by atoms with Crippen molar-refractivity contribution in [2.45, 2.75) is 9.79 Å². The Morgan fingerprint density at radius 2 is 1.70 bits per heavy atom. The van der Waals surface area contributed by atoms with Gasteiger partial charge in [-0.25, -0.2) is 0 Å². The fourth-order valence-electron chi connectivity index (χ4n) is 1.80. The predicted molar refractivity (Wildman–Crippen MR) is 92.3 cm³/mol. The molecule has 20 heavy (non-hydrogen) atoms. The third-order valence-electron chi connectivity index (χ3n) is 2.76. The van der Waals surface area contributed by atoms with E-state index in [0.717, 1.165) is 26.1 Å². The Balaban J connectivity index is 1.90. The lowest BCUT2D eigenvalue weighted by Crippen LogP contribution is -1.81. The Morgan fingerprint density at radius 1 is 1.00 bits per heavy atom. The van der Waals surface area contributed by atoms with Crippen LogP contribution in [-0.2, 0) is 0 Å². The second kappa shape index (κ2) is 6.20. The minimum absolute atomic E-state index is 0.749. The molecular formula is C15H10ClIN2S. The van der Waals surface area contributed by atoms with Gasteiger partial charge >= 0.3 is 0 Å². The van der Waals surface area contributed by atoms with Gasteiger partial charge in [-0.15, -0.1) is 0 Å². The molecule has 0 aliphatic heterocycles. The quantitative estimate of drug-likeness (QED) is 0.577. The highest BCUT2D eigenvalue weighted by molar-refractivity contribution is 14.1. The van der Waals surface area contributed by atoms with E-state index >= 15 is 0 Å². The summed E-state index contributed by atoms with van der Waals surface area (Å²) in [6.45, 7) is 0. The van der Waals surface area contributed by atoms with Crippen molar-refractivity contribution in [1.29, 1.82) is 0 Å². The molecule has 5 heteroatoms. The van der Waals surface area contributed by atoms with Crippen LogP contribution in [0.3, 0.4) is 0 Å². The van der Waals surface area contributed by atoms with Gasteiger partial charge in [-0.2, -0.15) is 5.10 Å². The van der Waals surface area contributed by atoms with Crippen LogP contribution in [0.25, 0.3) is 11.3 Å². The van der Waals surface area contributed by atoms with E-state index < -0.39 is 0 Å². The van der Waals surface area contributed by atoms with E-state index in [1.165, 1.54) is 3.57 Å². The number of aromatic nitrogens is 2. The summed E-state index contributed by atoms with van der Waals surface area (Å²) in [7, 11) is 0. The van der Waals surface area contributed by atoms with Crippen molar-refractivity contribution in [3.8, 4) is 11.3 Å². The Kier molecular flexibility index (Phi) is 4.33. The van der Waals surface area contributed by atoms with Crippen LogP contribution in [0.2, 0.25) is 5.02 Å². The SMILES string of the molecule is Clc1ccc(Sc2c[nH]nc2-c2ccc(I)cc2)cc1. The molecule has 0 atom stereocenters. The first kappa shape index (κ1) is 14.0. The summed E-state index contributed by atoms with van der Waals surface area (Å²) in [5.41, 5.74) is 2.09. The number of nitrogens with one attached hydrogen (secondary N) is 1. The standard InChI is InChI=1S/C15H10ClIN2S/c16-11-3-7-13(8-4-11)20-14-9-18-19-15(14)10-1-5-12(17)6-2-10/h1-9H,(H,18,19). The first-order valence-corrected chi connectivity index (χ1v) is 8.23. The summed E-state index contributed by atoms with van der Waals surface area (Å²) < 4.78 is 1.22. The summed E-state index contributed by atoms with van der Waals surface area (Å²) in [5, 5.41) is 8.05. The molecule has 3 rings (SSSR count). The maximum absolute atomic E-state index is 5.91. The average molecular weight is 413 g/mol. The number of aromatic amines is 1. The number of nitrogens with zero attached hydrogens (tertiary/aromatic N) is 1. The van der Waals surface area contributed by atoms with Gasteiger partial charge in [-0.3, -0.25) is 5.10 Å². The zero-order valence-electron chi connectivity index (χ0n) is 10.3. The zero-order chi connectivity index (χ0) is 13.9. The monoisotopic (exact) mass is 412 g/mol. The third kappa shape index (κ3) is 3.19. The molecule has 0 unspecified atom stereocenters. The molecule has 0 spiro atoms. The number of H-pyrrole nitrogens is 1. The summed E-state index contributed by atoms with van der Waals surface area (Å²) in [6.07, 6.45) is 1.92. The van der Waals surface area contributed by atoms with E-state index in [2.05, 4.69) is 57.1 Å². The van der Waals surface area contributed by atoms with E-state index in [-0.39, 0.29) is 0 Å². The molecule has 1 N–H and O–H groups in total. The first-order chi connectivity index (χ1) is 9.72. The van der Waals surface area contributed by atoms with Crippen LogP contribution in [0.4, 0.5) is 0 Å². The fourth-order valence-corrected chi connectivity index (χ4v) is 3.18. The molecule has 2 aromatic carbocycles. The lowest BCUT2D eigenvalue weighted by molar-refractivity contribution is 1.10. The van der Waals surface area contributed by atoms with Crippen LogP contribution in [0.5, 0.6) is 0 Å². The molecule has 1 aromatic heterocycles. The second-order valence-electron chi connectivity index (χ2n) is 4.16. The van der Waals surface area contributed by atoms with Gasteiger partial charge < -0.3 is 0 Å². The van der Waals surface area contributed by atoms with Gasteiger partial charge in [0.1, 0.15) is 5.69 Å². The highest BCUT2D eigenvalue weighted by Crippen LogP contribution is 2.35. The van der Waals surface area contributed by atoms with Crippen LogP contribution >= 0.6 is 46.0 Å². The van der Waals surface area contributed by atoms with Gasteiger partial charge in [-0.05, 0) is 59.0 Å². The highest BCUT2D eigenvalue weighted by Gasteiger charge is 2.09. The van der Waals surface area contributed by atoms with Crippen LogP contribution in [0, 0.1) is 3.57 Å². The average Bonchev–Trinajstić information content (AvgIpc) is 2.90. The van der Waals surface area contributed by atoms with Gasteiger partial charge in [0, 0.05) is 25.2 Å². The van der Waals surface area contributed by atoms with Crippen LogP contribution in [-0.4, -0.2) is 10.2 Å². The van der Waals surface area contributed by atoms with Gasteiger partial charge in [0.25, 0.3) is 0 Å². The van der Waals surface area contributed by atoms with E-state index in [1.807, 2.05) is 30.5 Å². The van der Waals surface area contributed by atoms with Crippen LogP contribution in [0.1, 0.15) is 0 Å². The first-order valence-electron chi connectivity index (χ1n) is 5.95. The molecule has 0 aliphatic carbocycles. The van der Waals surface area contributed by atoms with E-state index in [4.69, 9.17) is 11.6 Å². The maximum atomic E-state index is 5.91. The number of hydrogen-bond acceptors (Lipinski definition) is 2. The lowest BCUT2D eigenvalue weighted by Gasteiger charge is -2.03. The van der Waals surface area contributed by atoms with Crippen molar-refractivity contribution in [3.63, 3.8) is 0 Å². The van der Waals surface area contributed by atoms with Gasteiger partial charge in [-0.1, -0.05) is 35.5 Å². The summed E-state index contributed by atoms with van der Waals surface area (Å²) >= 11 is 9.88. The van der Waals surface area contributed by atoms with Crippen molar-refractivity contribution in [2.75, 3.05) is 0 Å². The van der Waals surface area contributed by atoms with Crippen molar-refractivity contribution >= 4 is 46.0 Å². The molecule has 1 heterocycles. The molecule has 0 amide bonds. The van der Waals surface area contributed by atoms with E-state index in [9.17, 15) is 0 Å². The van der Waals surface area contributed by atoms with Gasteiger partial charge in [0.15, 0.2) is 0 Å². The maximum Gasteiger partial charge on any atom is 0.106 e. The minimum atomic E-state index is 0.749. The lowest BCUT2D eigenvalue weighted by atomic mass is 10.2. The predicted octanol–water partition coefficient (Wildman–Crippen LogP) is 5.49. The van der Waals surface area contributed by atoms with Crippen molar-refractivity contribution < 1.29 is 0 Å².